The number of carbonyl (C=O) groups is 1. The first kappa shape index (κ1) is 15.3. The van der Waals surface area contributed by atoms with E-state index in [1.165, 1.54) is 0 Å². The van der Waals surface area contributed by atoms with Crippen LogP contribution in [-0.2, 0) is 6.54 Å². The number of rotatable bonds is 3. The highest BCUT2D eigenvalue weighted by Crippen LogP contribution is 2.16. The Morgan fingerprint density at radius 1 is 1.17 bits per heavy atom. The highest BCUT2D eigenvalue weighted by Gasteiger charge is 2.10. The maximum absolute atomic E-state index is 12.2. The van der Waals surface area contributed by atoms with Crippen LogP contribution in [0.1, 0.15) is 21.5 Å². The molecular formula is C18H15ClN2O2. The van der Waals surface area contributed by atoms with E-state index in [0.29, 0.717) is 16.1 Å². The fourth-order valence-electron chi connectivity index (χ4n) is 2.48. The lowest BCUT2D eigenvalue weighted by atomic mass is 10.1. The summed E-state index contributed by atoms with van der Waals surface area (Å²) in [6, 6.07) is 14.4. The van der Waals surface area contributed by atoms with E-state index in [1.54, 1.807) is 30.3 Å². The molecule has 1 amide bonds. The monoisotopic (exact) mass is 326 g/mol. The molecule has 3 rings (SSSR count). The largest absolute Gasteiger partial charge is 0.348 e. The van der Waals surface area contributed by atoms with Crippen molar-refractivity contribution in [2.45, 2.75) is 13.5 Å². The lowest BCUT2D eigenvalue weighted by molar-refractivity contribution is 0.0951. The van der Waals surface area contributed by atoms with E-state index in [9.17, 15) is 9.59 Å². The van der Waals surface area contributed by atoms with E-state index < -0.39 is 0 Å². The zero-order chi connectivity index (χ0) is 16.4. The molecule has 0 saturated heterocycles. The number of para-hydroxylation sites is 1. The van der Waals surface area contributed by atoms with Crippen LogP contribution in [0, 0.1) is 6.92 Å². The van der Waals surface area contributed by atoms with Crippen LogP contribution in [0.25, 0.3) is 10.9 Å². The van der Waals surface area contributed by atoms with Crippen molar-refractivity contribution in [3.05, 3.63) is 80.6 Å². The smallest absolute Gasteiger partial charge is 0.253 e. The van der Waals surface area contributed by atoms with Crippen molar-refractivity contribution in [3.8, 4) is 0 Å². The predicted molar refractivity (Wildman–Crippen MR) is 91.9 cm³/mol. The topological polar surface area (TPSA) is 62.0 Å². The van der Waals surface area contributed by atoms with E-state index in [4.69, 9.17) is 11.6 Å². The first-order chi connectivity index (χ1) is 11.1. The highest BCUT2D eigenvalue weighted by atomic mass is 35.5. The molecule has 0 saturated carbocycles. The molecule has 3 aromatic rings. The number of nitrogens with one attached hydrogen (secondary N) is 2. The van der Waals surface area contributed by atoms with E-state index >= 15 is 0 Å². The fraction of sp³-hybridized carbons (Fsp3) is 0.111. The summed E-state index contributed by atoms with van der Waals surface area (Å²) in [5.41, 5.74) is 2.52. The molecule has 0 unspecified atom stereocenters. The van der Waals surface area contributed by atoms with Crippen LogP contribution in [0.15, 0.2) is 53.3 Å². The third-order valence-electron chi connectivity index (χ3n) is 3.72. The van der Waals surface area contributed by atoms with Crippen LogP contribution in [-0.4, -0.2) is 10.9 Å². The first-order valence-electron chi connectivity index (χ1n) is 7.20. The molecule has 116 valence electrons. The second-order valence-corrected chi connectivity index (χ2v) is 5.73. The van der Waals surface area contributed by atoms with E-state index in [2.05, 4.69) is 10.3 Å². The Morgan fingerprint density at radius 3 is 2.74 bits per heavy atom. The summed E-state index contributed by atoms with van der Waals surface area (Å²) in [6.07, 6.45) is 0. The molecule has 0 aliphatic rings. The predicted octanol–water partition coefficient (Wildman–Crippen LogP) is 3.42. The maximum Gasteiger partial charge on any atom is 0.253 e. The molecule has 0 bridgehead atoms. The summed E-state index contributed by atoms with van der Waals surface area (Å²) in [7, 11) is 0. The van der Waals surface area contributed by atoms with Gasteiger partial charge in [-0.1, -0.05) is 41.9 Å². The number of amides is 1. The molecule has 0 fully saturated rings. The summed E-state index contributed by atoms with van der Waals surface area (Å²) in [6.45, 7) is 2.08. The van der Waals surface area contributed by atoms with Gasteiger partial charge in [0.25, 0.3) is 11.5 Å². The van der Waals surface area contributed by atoms with Crippen molar-refractivity contribution in [1.82, 2.24) is 10.3 Å². The lowest BCUT2D eigenvalue weighted by Gasteiger charge is -2.08. The molecule has 0 aliphatic heterocycles. The highest BCUT2D eigenvalue weighted by molar-refractivity contribution is 6.33. The Balaban J connectivity index is 1.85. The van der Waals surface area contributed by atoms with Gasteiger partial charge in [-0.05, 0) is 36.1 Å². The SMILES string of the molecule is Cc1cccc2cc(CNC(=O)c3ccccc3Cl)c(=O)[nH]c12. The van der Waals surface area contributed by atoms with Crippen molar-refractivity contribution >= 4 is 28.4 Å². The summed E-state index contributed by atoms with van der Waals surface area (Å²) in [4.78, 5) is 27.2. The molecule has 23 heavy (non-hydrogen) atoms. The van der Waals surface area contributed by atoms with Crippen LogP contribution in [0.5, 0.6) is 0 Å². The van der Waals surface area contributed by atoms with Gasteiger partial charge in [-0.3, -0.25) is 9.59 Å². The summed E-state index contributed by atoms with van der Waals surface area (Å²) in [5.74, 6) is -0.306. The Morgan fingerprint density at radius 2 is 1.96 bits per heavy atom. The number of hydrogen-bond donors (Lipinski definition) is 2. The number of aryl methyl sites for hydroxylation is 1. The molecule has 2 N–H and O–H groups in total. The van der Waals surface area contributed by atoms with Crippen molar-refractivity contribution in [1.29, 1.82) is 0 Å². The quantitative estimate of drug-likeness (QED) is 0.774. The number of fused-ring (bicyclic) bond motifs is 1. The standard InChI is InChI=1S/C18H15ClN2O2/c1-11-5-4-6-12-9-13(17(22)21-16(11)12)10-20-18(23)14-7-2-3-8-15(14)19/h2-9H,10H2,1H3,(H,20,23)(H,21,22). The van der Waals surface area contributed by atoms with Gasteiger partial charge in [0.05, 0.1) is 16.1 Å². The Labute approximate surface area is 138 Å². The van der Waals surface area contributed by atoms with Gasteiger partial charge < -0.3 is 10.3 Å². The van der Waals surface area contributed by atoms with Gasteiger partial charge in [-0.2, -0.15) is 0 Å². The maximum atomic E-state index is 12.2. The minimum atomic E-state index is -0.306. The minimum absolute atomic E-state index is 0.142. The number of hydrogen-bond acceptors (Lipinski definition) is 2. The van der Waals surface area contributed by atoms with Crippen LogP contribution in [0.2, 0.25) is 5.02 Å². The Bertz CT molecular complexity index is 947. The van der Waals surface area contributed by atoms with E-state index in [0.717, 1.165) is 16.5 Å². The first-order valence-corrected chi connectivity index (χ1v) is 7.58. The van der Waals surface area contributed by atoms with Crippen LogP contribution in [0.3, 0.4) is 0 Å². The number of H-pyrrole nitrogens is 1. The molecule has 0 spiro atoms. The number of benzene rings is 2. The molecule has 0 aliphatic carbocycles. The molecule has 1 aromatic heterocycles. The molecule has 0 atom stereocenters. The van der Waals surface area contributed by atoms with Crippen molar-refractivity contribution in [3.63, 3.8) is 0 Å². The number of aromatic amines is 1. The van der Waals surface area contributed by atoms with Gasteiger partial charge in [0.15, 0.2) is 0 Å². The van der Waals surface area contributed by atoms with Gasteiger partial charge >= 0.3 is 0 Å². The van der Waals surface area contributed by atoms with Crippen molar-refractivity contribution in [2.75, 3.05) is 0 Å². The summed E-state index contributed by atoms with van der Waals surface area (Å²) >= 11 is 6.00. The third-order valence-corrected chi connectivity index (χ3v) is 4.05. The van der Waals surface area contributed by atoms with Crippen LogP contribution >= 0.6 is 11.6 Å². The van der Waals surface area contributed by atoms with Gasteiger partial charge in [0.1, 0.15) is 0 Å². The third kappa shape index (κ3) is 3.12. The number of pyridine rings is 1. The number of halogens is 1. The molecule has 0 radical (unpaired) electrons. The number of aromatic nitrogens is 1. The van der Waals surface area contributed by atoms with Gasteiger partial charge in [0.2, 0.25) is 0 Å². The van der Waals surface area contributed by atoms with E-state index in [1.807, 2.05) is 25.1 Å². The van der Waals surface area contributed by atoms with Crippen molar-refractivity contribution in [2.24, 2.45) is 0 Å². The lowest BCUT2D eigenvalue weighted by Crippen LogP contribution is -2.27. The van der Waals surface area contributed by atoms with Crippen LogP contribution < -0.4 is 10.9 Å². The Hall–Kier alpha value is -2.59. The molecular weight excluding hydrogens is 312 g/mol. The second-order valence-electron chi connectivity index (χ2n) is 5.33. The molecule has 1 heterocycles. The van der Waals surface area contributed by atoms with Crippen LogP contribution in [0.4, 0.5) is 0 Å². The molecule has 4 nitrogen and oxygen atoms in total. The van der Waals surface area contributed by atoms with E-state index in [-0.39, 0.29) is 18.0 Å². The average Bonchev–Trinajstić information content (AvgIpc) is 2.54. The Kier molecular flexibility index (Phi) is 4.17. The zero-order valence-corrected chi connectivity index (χ0v) is 13.3. The zero-order valence-electron chi connectivity index (χ0n) is 12.5. The average molecular weight is 327 g/mol. The minimum Gasteiger partial charge on any atom is -0.348 e. The normalized spacial score (nSPS) is 10.7. The second kappa shape index (κ2) is 6.26. The molecule has 2 aromatic carbocycles. The summed E-state index contributed by atoms with van der Waals surface area (Å²) < 4.78 is 0. The molecule has 5 heteroatoms. The number of carbonyl (C=O) groups excluding carboxylic acids is 1. The van der Waals surface area contributed by atoms with Gasteiger partial charge in [-0.25, -0.2) is 0 Å². The van der Waals surface area contributed by atoms with Crippen molar-refractivity contribution < 1.29 is 4.79 Å². The van der Waals surface area contributed by atoms with Gasteiger partial charge in [0, 0.05) is 12.1 Å². The fourth-order valence-corrected chi connectivity index (χ4v) is 2.70. The van der Waals surface area contributed by atoms with Gasteiger partial charge in [-0.15, -0.1) is 0 Å². The summed E-state index contributed by atoms with van der Waals surface area (Å²) in [5, 5.41) is 4.05.